The van der Waals surface area contributed by atoms with E-state index in [0.29, 0.717) is 30.5 Å². The number of aryl methyl sites for hydroxylation is 1. The Kier molecular flexibility index (Phi) is 17.3. The highest BCUT2D eigenvalue weighted by molar-refractivity contribution is 5.91. The second-order valence-corrected chi connectivity index (χ2v) is 9.02. The molecule has 0 fully saturated rings. The number of amides is 3. The Morgan fingerprint density at radius 1 is 1.10 bits per heavy atom. The predicted octanol–water partition coefficient (Wildman–Crippen LogP) is 1.01. The number of nitrogens with one attached hydrogen (secondary N) is 4. The molecule has 14 heteroatoms. The van der Waals surface area contributed by atoms with Gasteiger partial charge < -0.3 is 38.5 Å². The van der Waals surface area contributed by atoms with Gasteiger partial charge in [-0.25, -0.2) is 0 Å². The zero-order chi connectivity index (χ0) is 30.8. The van der Waals surface area contributed by atoms with Gasteiger partial charge in [-0.15, -0.1) is 0 Å². The first-order chi connectivity index (χ1) is 18.9. The number of guanidine groups is 1. The van der Waals surface area contributed by atoms with Crippen molar-refractivity contribution < 1.29 is 19.3 Å². The van der Waals surface area contributed by atoms with Crippen LogP contribution in [0, 0.1) is 23.0 Å². The zero-order valence-electron chi connectivity index (χ0n) is 24.5. The van der Waals surface area contributed by atoms with Gasteiger partial charge in [-0.3, -0.25) is 29.5 Å². The Morgan fingerprint density at radius 2 is 1.75 bits per heavy atom. The van der Waals surface area contributed by atoms with E-state index in [1.54, 1.807) is 6.92 Å². The Morgan fingerprint density at radius 3 is 2.27 bits per heavy atom. The molecule has 1 aromatic rings. The van der Waals surface area contributed by atoms with Crippen LogP contribution in [0.25, 0.3) is 0 Å². The molecule has 14 nitrogen and oxygen atoms in total. The van der Waals surface area contributed by atoms with Crippen molar-refractivity contribution in [1.29, 1.82) is 0 Å². The number of benzene rings is 1. The second kappa shape index (κ2) is 19.2. The number of primary amides is 1. The number of rotatable bonds is 17. The van der Waals surface area contributed by atoms with Gasteiger partial charge >= 0.3 is 0 Å². The van der Waals surface area contributed by atoms with Crippen LogP contribution in [0.2, 0.25) is 0 Å². The highest BCUT2D eigenvalue weighted by Gasteiger charge is 2.29. The Labute approximate surface area is 236 Å². The molecule has 0 aliphatic carbocycles. The number of non-ortho nitro benzene ring substituents is 1. The maximum atomic E-state index is 13.4. The van der Waals surface area contributed by atoms with E-state index in [4.69, 9.17) is 17.2 Å². The number of carbonyl (C=O) groups excluding carboxylic acids is 3. The van der Waals surface area contributed by atoms with Crippen molar-refractivity contribution in [1.82, 2.24) is 16.0 Å². The number of aliphatic imine (C=N–C) groups is 1. The quantitative estimate of drug-likeness (QED) is 0.0468. The van der Waals surface area contributed by atoms with Gasteiger partial charge in [0, 0.05) is 37.5 Å². The van der Waals surface area contributed by atoms with Crippen LogP contribution in [0.1, 0.15) is 65.0 Å². The lowest BCUT2D eigenvalue weighted by atomic mass is 9.96. The fourth-order valence-electron chi connectivity index (χ4n) is 3.85. The van der Waals surface area contributed by atoms with Crippen LogP contribution >= 0.6 is 0 Å². The largest absolute Gasteiger partial charge is 0.385 e. The number of anilines is 1. The highest BCUT2D eigenvalue weighted by atomic mass is 16.6. The maximum Gasteiger partial charge on any atom is 0.270 e. The summed E-state index contributed by atoms with van der Waals surface area (Å²) < 4.78 is 0. The van der Waals surface area contributed by atoms with E-state index < -0.39 is 34.7 Å². The molecule has 1 aromatic carbocycles. The van der Waals surface area contributed by atoms with Gasteiger partial charge in [-0.05, 0) is 43.7 Å². The van der Waals surface area contributed by atoms with Gasteiger partial charge in [-0.2, -0.15) is 0 Å². The summed E-state index contributed by atoms with van der Waals surface area (Å²) in [5.74, 6) is -1.92. The Hall–Kier alpha value is -3.94. The van der Waals surface area contributed by atoms with E-state index in [1.165, 1.54) is 12.1 Å². The standard InChI is InChI=1S/C24H41N9O5.C2H6/c1-5-14(3)21(30-12-16-11-17(33(37)38)10-15(4)20(16)28-6-2)23(36)32-18(8-7-9-29-24(26)27)22(35)31-13-19(25)34;1-2/h10-11,14,18,21,28,30H,5-9,12-13H2,1-4H3,(H2,25,34)(H,31,35)(H,32,36)(H4,26,27,29);1-2H3. The van der Waals surface area contributed by atoms with Crippen molar-refractivity contribution in [2.75, 3.05) is 25.0 Å². The average Bonchev–Trinajstić information content (AvgIpc) is 2.91. The van der Waals surface area contributed by atoms with E-state index in [-0.39, 0.29) is 43.6 Å². The summed E-state index contributed by atoms with van der Waals surface area (Å²) in [6.45, 7) is 12.2. The van der Waals surface area contributed by atoms with Crippen molar-refractivity contribution in [3.05, 3.63) is 33.4 Å². The zero-order valence-corrected chi connectivity index (χ0v) is 24.5. The molecule has 10 N–H and O–H groups in total. The third-order valence-corrected chi connectivity index (χ3v) is 5.99. The number of nitro benzene ring substituents is 1. The third kappa shape index (κ3) is 12.7. The van der Waals surface area contributed by atoms with Crippen LogP contribution in [0.15, 0.2) is 17.1 Å². The summed E-state index contributed by atoms with van der Waals surface area (Å²) >= 11 is 0. The molecule has 0 aliphatic heterocycles. The van der Waals surface area contributed by atoms with Crippen LogP contribution in [-0.2, 0) is 20.9 Å². The molecule has 3 amide bonds. The summed E-state index contributed by atoms with van der Waals surface area (Å²) in [6, 6.07) is 1.31. The second-order valence-electron chi connectivity index (χ2n) is 9.02. The Balaban J connectivity index is 0.00000742. The summed E-state index contributed by atoms with van der Waals surface area (Å²) in [7, 11) is 0. The van der Waals surface area contributed by atoms with Gasteiger partial charge in [0.2, 0.25) is 17.7 Å². The van der Waals surface area contributed by atoms with Crippen LogP contribution in [0.3, 0.4) is 0 Å². The van der Waals surface area contributed by atoms with Crippen LogP contribution in [-0.4, -0.2) is 60.3 Å². The minimum Gasteiger partial charge on any atom is -0.385 e. The molecule has 0 aliphatic rings. The molecule has 1 rings (SSSR count). The fraction of sp³-hybridized carbons (Fsp3) is 0.615. The molecule has 0 bridgehead atoms. The summed E-state index contributed by atoms with van der Waals surface area (Å²) in [5.41, 5.74) is 17.9. The van der Waals surface area contributed by atoms with Crippen LogP contribution < -0.4 is 38.5 Å². The van der Waals surface area contributed by atoms with Crippen molar-refractivity contribution in [3.63, 3.8) is 0 Å². The van der Waals surface area contributed by atoms with Crippen molar-refractivity contribution in [2.45, 2.75) is 79.4 Å². The van der Waals surface area contributed by atoms with Crippen molar-refractivity contribution in [2.24, 2.45) is 28.1 Å². The predicted molar refractivity (Wildman–Crippen MR) is 157 cm³/mol. The van der Waals surface area contributed by atoms with Gasteiger partial charge in [0.05, 0.1) is 17.5 Å². The maximum absolute atomic E-state index is 13.4. The van der Waals surface area contributed by atoms with E-state index in [0.717, 1.165) is 5.69 Å². The molecular formula is C26H47N9O5. The first kappa shape index (κ1) is 36.1. The number of hydrogen-bond acceptors (Lipinski definition) is 8. The Bertz CT molecular complexity index is 1010. The van der Waals surface area contributed by atoms with E-state index in [1.807, 2.05) is 34.6 Å². The molecule has 0 saturated carbocycles. The van der Waals surface area contributed by atoms with Gasteiger partial charge in [0.1, 0.15) is 6.04 Å². The minimum atomic E-state index is -0.957. The van der Waals surface area contributed by atoms with Crippen LogP contribution in [0.5, 0.6) is 0 Å². The lowest BCUT2D eigenvalue weighted by Gasteiger charge is -2.27. The monoisotopic (exact) mass is 565 g/mol. The van der Waals surface area contributed by atoms with Gasteiger partial charge in [0.15, 0.2) is 5.96 Å². The van der Waals surface area contributed by atoms with Crippen molar-refractivity contribution in [3.8, 4) is 0 Å². The first-order valence-electron chi connectivity index (χ1n) is 13.6. The lowest BCUT2D eigenvalue weighted by Crippen LogP contribution is -2.55. The van der Waals surface area contributed by atoms with E-state index in [2.05, 4.69) is 26.3 Å². The molecule has 0 saturated heterocycles. The first-order valence-corrected chi connectivity index (χ1v) is 13.6. The number of hydrogen-bond donors (Lipinski definition) is 7. The van der Waals surface area contributed by atoms with Gasteiger partial charge in [0.25, 0.3) is 5.69 Å². The highest BCUT2D eigenvalue weighted by Crippen LogP contribution is 2.27. The lowest BCUT2D eigenvalue weighted by molar-refractivity contribution is -0.384. The molecule has 3 atom stereocenters. The summed E-state index contributed by atoms with van der Waals surface area (Å²) in [6.07, 6.45) is 1.27. The number of nitrogens with zero attached hydrogens (tertiary/aromatic N) is 2. The number of nitro groups is 1. The van der Waals surface area contributed by atoms with Gasteiger partial charge in [-0.1, -0.05) is 34.1 Å². The SMILES string of the molecule is CC.CCNc1c(C)cc([N+](=O)[O-])cc1CNC(C(=O)NC(CCCN=C(N)N)C(=O)NCC(N)=O)C(C)CC. The summed E-state index contributed by atoms with van der Waals surface area (Å²) in [4.78, 5) is 52.0. The molecular weight excluding hydrogens is 518 g/mol. The molecule has 0 heterocycles. The molecule has 0 spiro atoms. The smallest absolute Gasteiger partial charge is 0.270 e. The molecule has 40 heavy (non-hydrogen) atoms. The summed E-state index contributed by atoms with van der Waals surface area (Å²) in [5, 5.41) is 23.0. The number of carbonyl (C=O) groups is 3. The van der Waals surface area contributed by atoms with E-state index in [9.17, 15) is 24.5 Å². The molecule has 3 unspecified atom stereocenters. The fourth-order valence-corrected chi connectivity index (χ4v) is 3.85. The normalized spacial score (nSPS) is 12.6. The minimum absolute atomic E-state index is 0.0440. The average molecular weight is 566 g/mol. The third-order valence-electron chi connectivity index (χ3n) is 5.99. The number of nitrogens with two attached hydrogens (primary N) is 3. The van der Waals surface area contributed by atoms with Crippen LogP contribution in [0.4, 0.5) is 11.4 Å². The molecule has 0 aromatic heterocycles. The molecule has 0 radical (unpaired) electrons. The van der Waals surface area contributed by atoms with E-state index >= 15 is 0 Å². The van der Waals surface area contributed by atoms with Crippen molar-refractivity contribution >= 4 is 35.1 Å². The molecule has 226 valence electrons. The topological polar surface area (TPSA) is 233 Å².